The van der Waals surface area contributed by atoms with Crippen LogP contribution in [0.3, 0.4) is 0 Å². The fourth-order valence-electron chi connectivity index (χ4n) is 7.68. The van der Waals surface area contributed by atoms with E-state index in [0.717, 1.165) is 59.1 Å². The van der Waals surface area contributed by atoms with Crippen LogP contribution in [0.15, 0.2) is 113 Å². The van der Waals surface area contributed by atoms with Crippen molar-refractivity contribution in [2.24, 2.45) is 16.1 Å². The van der Waals surface area contributed by atoms with E-state index in [1.807, 2.05) is 18.2 Å². The molecule has 238 valence electrons. The van der Waals surface area contributed by atoms with Gasteiger partial charge in [-0.2, -0.15) is 23.4 Å². The number of azo groups is 1. The molecule has 0 radical (unpaired) electrons. The Hall–Kier alpha value is -4.86. The zero-order chi connectivity index (χ0) is 32.6. The second kappa shape index (κ2) is 11.1. The molecule has 2 aliphatic rings. The molecule has 4 heterocycles. The quantitative estimate of drug-likeness (QED) is 0.191. The van der Waals surface area contributed by atoms with E-state index in [9.17, 15) is 18.0 Å². The van der Waals surface area contributed by atoms with Gasteiger partial charge in [-0.25, -0.2) is 0 Å². The normalized spacial score (nSPS) is 19.8. The van der Waals surface area contributed by atoms with Gasteiger partial charge in [-0.1, -0.05) is 66.7 Å². The predicted octanol–water partition coefficient (Wildman–Crippen LogP) is 10.1. The Bertz CT molecular complexity index is 2420. The minimum absolute atomic E-state index is 0.369. The van der Waals surface area contributed by atoms with Crippen molar-refractivity contribution in [2.75, 3.05) is 19.6 Å². The largest absolute Gasteiger partial charge is 0.454 e. The maximum atomic E-state index is 13.3. The molecule has 0 amide bonds. The average molecular weight is 659 g/mol. The molecule has 2 aliphatic heterocycles. The van der Waals surface area contributed by atoms with Gasteiger partial charge < -0.3 is 9.88 Å². The third kappa shape index (κ3) is 4.75. The number of benzene rings is 5. The molecule has 3 unspecified atom stereocenters. The highest BCUT2D eigenvalue weighted by Gasteiger charge is 2.39. The molecule has 3 atom stereocenters. The number of piperidine rings is 1. The summed E-state index contributed by atoms with van der Waals surface area (Å²) >= 11 is 1.77. The number of alkyl halides is 3. The molecule has 7 aromatic rings. The minimum Gasteiger partial charge on any atom is -0.311 e. The van der Waals surface area contributed by atoms with Gasteiger partial charge in [0, 0.05) is 50.1 Å². The molecular weight excluding hydrogens is 630 g/mol. The van der Waals surface area contributed by atoms with Gasteiger partial charge in [0.25, 0.3) is 5.78 Å². The number of carbonyl (C=O) groups is 1. The Morgan fingerprint density at radius 3 is 2.44 bits per heavy atom. The maximum absolute atomic E-state index is 13.3. The molecule has 48 heavy (non-hydrogen) atoms. The van der Waals surface area contributed by atoms with Gasteiger partial charge in [0.15, 0.2) is 0 Å². The maximum Gasteiger partial charge on any atom is 0.454 e. The summed E-state index contributed by atoms with van der Waals surface area (Å²) in [5.74, 6) is -0.935. The zero-order valence-electron chi connectivity index (χ0n) is 25.7. The van der Waals surface area contributed by atoms with Crippen molar-refractivity contribution in [3.63, 3.8) is 0 Å². The molecular formula is C39H29F3N4OS. The van der Waals surface area contributed by atoms with Gasteiger partial charge in [-0.05, 0) is 71.3 Å². The van der Waals surface area contributed by atoms with Crippen molar-refractivity contribution in [2.45, 2.75) is 24.6 Å². The fraction of sp³-hybridized carbons (Fsp3) is 0.205. The molecule has 9 rings (SSSR count). The lowest BCUT2D eigenvalue weighted by Crippen LogP contribution is -2.48. The molecule has 0 saturated carbocycles. The predicted molar refractivity (Wildman–Crippen MR) is 187 cm³/mol. The van der Waals surface area contributed by atoms with E-state index in [1.165, 1.54) is 43.9 Å². The van der Waals surface area contributed by atoms with Crippen LogP contribution >= 0.6 is 11.3 Å². The highest BCUT2D eigenvalue weighted by molar-refractivity contribution is 7.26. The van der Waals surface area contributed by atoms with Crippen molar-refractivity contribution in [3.8, 4) is 16.8 Å². The van der Waals surface area contributed by atoms with Crippen LogP contribution in [0.5, 0.6) is 0 Å². The summed E-state index contributed by atoms with van der Waals surface area (Å²) in [7, 11) is 0. The topological polar surface area (TPSA) is 58.8 Å². The summed E-state index contributed by atoms with van der Waals surface area (Å²) in [6, 6.07) is 33.9. The highest BCUT2D eigenvalue weighted by atomic mass is 32.1. The number of halogens is 3. The summed E-state index contributed by atoms with van der Waals surface area (Å²) < 4.78 is 44.5. The van der Waals surface area contributed by atoms with Gasteiger partial charge in [0.1, 0.15) is 0 Å². The molecule has 1 saturated heterocycles. The number of nitrogens with one attached hydrogen (secondary N) is 1. The molecule has 0 bridgehead atoms. The van der Waals surface area contributed by atoms with E-state index in [4.69, 9.17) is 0 Å². The summed E-state index contributed by atoms with van der Waals surface area (Å²) in [5.41, 5.74) is 5.38. The van der Waals surface area contributed by atoms with Crippen molar-refractivity contribution in [1.29, 1.82) is 0 Å². The molecule has 1 fully saturated rings. The van der Waals surface area contributed by atoms with E-state index >= 15 is 0 Å². The first-order valence-electron chi connectivity index (χ1n) is 16.1. The zero-order valence-corrected chi connectivity index (χ0v) is 26.5. The van der Waals surface area contributed by atoms with Gasteiger partial charge in [0.05, 0.1) is 28.8 Å². The standard InChI is InChI=1S/C39H29F3N4OS/c40-39(41,42)38(47)25-5-3-4-23(16-25)24-10-15-34-32(18-24)30-13-14-31-29-6-1-2-7-35(29)48-37(31)36(30)46(34)28-11-8-22(9-12-28)26-17-27-20-44-45-21-33(27)43-19-26/h1-16,18,26-27,33,43H,17,19-21H2. The molecule has 5 nitrogen and oxygen atoms in total. The average Bonchev–Trinajstić information content (AvgIpc) is 3.66. The van der Waals surface area contributed by atoms with Crippen molar-refractivity contribution in [3.05, 3.63) is 114 Å². The molecule has 9 heteroatoms. The van der Waals surface area contributed by atoms with Crippen LogP contribution in [-0.4, -0.2) is 42.2 Å². The van der Waals surface area contributed by atoms with Crippen molar-refractivity contribution >= 4 is 59.1 Å². The molecule has 0 aliphatic carbocycles. The van der Waals surface area contributed by atoms with E-state index in [0.29, 0.717) is 23.4 Å². The number of ketones is 1. The van der Waals surface area contributed by atoms with Gasteiger partial charge >= 0.3 is 6.18 Å². The first kappa shape index (κ1) is 29.3. The van der Waals surface area contributed by atoms with Crippen molar-refractivity contribution < 1.29 is 18.0 Å². The SMILES string of the molecule is O=C(c1cccc(-c2ccc3c(c2)c2ccc4c5ccccc5sc4c2n3-c2ccc(C3CNC4CN=NCC4C3)cc2)c1)C(F)(F)F. The number of nitrogens with zero attached hydrogens (tertiary/aromatic N) is 3. The summed E-state index contributed by atoms with van der Waals surface area (Å²) in [4.78, 5) is 12.0. The van der Waals surface area contributed by atoms with Gasteiger partial charge in [-0.3, -0.25) is 4.79 Å². The van der Waals surface area contributed by atoms with Crippen LogP contribution in [0.4, 0.5) is 13.2 Å². The second-order valence-electron chi connectivity index (χ2n) is 12.9. The molecule has 5 aromatic carbocycles. The van der Waals surface area contributed by atoms with Gasteiger partial charge in [0.2, 0.25) is 0 Å². The summed E-state index contributed by atoms with van der Waals surface area (Å²) in [6.45, 7) is 2.46. The number of hydrogen-bond donors (Lipinski definition) is 1. The lowest BCUT2D eigenvalue weighted by atomic mass is 9.81. The number of rotatable bonds is 4. The van der Waals surface area contributed by atoms with E-state index in [2.05, 4.69) is 80.8 Å². The lowest BCUT2D eigenvalue weighted by molar-refractivity contribution is -0.0885. The minimum atomic E-state index is -4.93. The number of thiophene rings is 1. The lowest BCUT2D eigenvalue weighted by Gasteiger charge is -2.37. The second-order valence-corrected chi connectivity index (χ2v) is 13.9. The molecule has 0 spiro atoms. The third-order valence-electron chi connectivity index (χ3n) is 10.1. The van der Waals surface area contributed by atoms with Crippen LogP contribution in [0.25, 0.3) is 58.8 Å². The Kier molecular flexibility index (Phi) is 6.78. The van der Waals surface area contributed by atoms with Crippen LogP contribution < -0.4 is 5.32 Å². The monoisotopic (exact) mass is 658 g/mol. The van der Waals surface area contributed by atoms with Crippen LogP contribution in [0, 0.1) is 5.92 Å². The van der Waals surface area contributed by atoms with E-state index in [1.54, 1.807) is 17.4 Å². The number of Topliss-reactive ketones (excluding diaryl/α,β-unsaturated/α-hetero) is 1. The number of fused-ring (bicyclic) bond motifs is 8. The highest BCUT2D eigenvalue weighted by Crippen LogP contribution is 2.44. The van der Waals surface area contributed by atoms with Gasteiger partial charge in [-0.15, -0.1) is 11.3 Å². The van der Waals surface area contributed by atoms with Crippen LogP contribution in [0.1, 0.15) is 28.3 Å². The number of aromatic nitrogens is 1. The van der Waals surface area contributed by atoms with E-state index < -0.39 is 12.0 Å². The van der Waals surface area contributed by atoms with Crippen LogP contribution in [-0.2, 0) is 0 Å². The Labute approximate surface area is 277 Å². The first-order valence-corrected chi connectivity index (χ1v) is 16.9. The summed E-state index contributed by atoms with van der Waals surface area (Å²) in [6.07, 6.45) is -3.84. The fourth-order valence-corrected chi connectivity index (χ4v) is 8.92. The molecule has 1 N–H and O–H groups in total. The third-order valence-corrected chi connectivity index (χ3v) is 11.3. The van der Waals surface area contributed by atoms with Crippen molar-refractivity contribution in [1.82, 2.24) is 9.88 Å². The molecule has 2 aromatic heterocycles. The Morgan fingerprint density at radius 2 is 1.58 bits per heavy atom. The number of carbonyl (C=O) groups excluding carboxylic acids is 1. The summed E-state index contributed by atoms with van der Waals surface area (Å²) in [5, 5.41) is 16.7. The Morgan fingerprint density at radius 1 is 0.792 bits per heavy atom. The van der Waals surface area contributed by atoms with E-state index in [-0.39, 0.29) is 5.56 Å². The smallest absolute Gasteiger partial charge is 0.311 e. The Balaban J connectivity index is 1.20. The first-order chi connectivity index (χ1) is 23.3. The van der Waals surface area contributed by atoms with Crippen LogP contribution in [0.2, 0.25) is 0 Å². The number of hydrogen-bond acceptors (Lipinski definition) is 5.